The molecule has 0 amide bonds. The molecule has 0 rings (SSSR count). The largest absolute Gasteiger partial charge is 0.344 e. The van der Waals surface area contributed by atoms with Crippen LogP contribution < -0.4 is 23.4 Å². The summed E-state index contributed by atoms with van der Waals surface area (Å²) in [5.41, 5.74) is 16.1. The first-order valence-corrected chi connectivity index (χ1v) is 3.67. The molecule has 70 valence electrons. The lowest BCUT2D eigenvalue weighted by Gasteiger charge is -2.18. The van der Waals surface area contributed by atoms with Crippen LogP contribution in [0.15, 0.2) is 0 Å². The van der Waals surface area contributed by atoms with Crippen LogP contribution in [0.2, 0.25) is 0 Å². The quantitative estimate of drug-likeness (QED) is 0.373. The number of nitrogens with two attached hydrogens (primary N) is 3. The molecule has 0 aliphatic heterocycles. The number of nitrogens with zero attached hydrogens (tertiary/aromatic N) is 1. The lowest BCUT2D eigenvalue weighted by molar-refractivity contribution is 0.297. The summed E-state index contributed by atoms with van der Waals surface area (Å²) in [5.74, 6) is 0. The third-order valence-electron chi connectivity index (χ3n) is 1.34. The van der Waals surface area contributed by atoms with Gasteiger partial charge in [0.2, 0.25) is 0 Å². The van der Waals surface area contributed by atoms with E-state index < -0.39 is 0 Å². The number of hydrogen-bond donors (Lipinski definition) is 4. The van der Waals surface area contributed by atoms with Crippen LogP contribution in [0.4, 0.5) is 0 Å². The van der Waals surface area contributed by atoms with E-state index in [9.17, 15) is 0 Å². The Hall–Kier alpha value is -0.200. The van der Waals surface area contributed by atoms with Gasteiger partial charge in [0, 0.05) is 39.3 Å². The Bertz CT molecular complexity index is 53.7. The zero-order valence-electron chi connectivity index (χ0n) is 7.13. The van der Waals surface area contributed by atoms with E-state index in [1.807, 2.05) is 0 Å². The van der Waals surface area contributed by atoms with Crippen molar-refractivity contribution in [2.75, 3.05) is 39.3 Å². The summed E-state index contributed by atoms with van der Waals surface area (Å²) in [7, 11) is 0. The molecule has 0 bridgehead atoms. The van der Waals surface area contributed by atoms with Gasteiger partial charge in [0.15, 0.2) is 0 Å². The van der Waals surface area contributed by atoms with Crippen molar-refractivity contribution in [2.45, 2.75) is 0 Å². The fourth-order valence-electron chi connectivity index (χ4n) is 0.883. The van der Waals surface area contributed by atoms with Crippen LogP contribution in [-0.4, -0.2) is 44.2 Å². The molecule has 0 saturated carbocycles. The third-order valence-corrected chi connectivity index (χ3v) is 1.34. The first-order chi connectivity index (χ1) is 4.85. The van der Waals surface area contributed by atoms with E-state index in [1.165, 1.54) is 0 Å². The molecule has 0 aromatic carbocycles. The summed E-state index contributed by atoms with van der Waals surface area (Å²) in [6, 6.07) is 0. The average molecular weight is 163 g/mol. The van der Waals surface area contributed by atoms with Gasteiger partial charge in [-0.2, -0.15) is 0 Å². The molecule has 0 heterocycles. The van der Waals surface area contributed by atoms with Gasteiger partial charge in [-0.05, 0) is 0 Å². The second-order valence-corrected chi connectivity index (χ2v) is 2.21. The summed E-state index contributed by atoms with van der Waals surface area (Å²) in [6.07, 6.45) is 0. The summed E-state index contributed by atoms with van der Waals surface area (Å²) >= 11 is 0. The van der Waals surface area contributed by atoms with E-state index in [1.54, 1.807) is 0 Å². The fraction of sp³-hybridized carbons (Fsp3) is 1.00. The van der Waals surface area contributed by atoms with E-state index in [0.29, 0.717) is 19.6 Å². The molecular formula is C6H21N5. The molecule has 0 aliphatic carbocycles. The van der Waals surface area contributed by atoms with Crippen LogP contribution >= 0.6 is 0 Å². The van der Waals surface area contributed by atoms with Gasteiger partial charge >= 0.3 is 0 Å². The smallest absolute Gasteiger partial charge is 0.0106 e. The second-order valence-electron chi connectivity index (χ2n) is 2.21. The summed E-state index contributed by atoms with van der Waals surface area (Å²) in [4.78, 5) is 2.17. The molecule has 0 radical (unpaired) electrons. The van der Waals surface area contributed by atoms with Crippen molar-refractivity contribution < 1.29 is 0 Å². The maximum absolute atomic E-state index is 5.37. The molecule has 0 aromatic rings. The Morgan fingerprint density at radius 3 is 1.18 bits per heavy atom. The molecule has 0 fully saturated rings. The van der Waals surface area contributed by atoms with E-state index >= 15 is 0 Å². The van der Waals surface area contributed by atoms with Crippen molar-refractivity contribution in [3.05, 3.63) is 0 Å². The SMILES string of the molecule is N.NCCN(CCN)CCN. The highest BCUT2D eigenvalue weighted by molar-refractivity contribution is 4.58. The minimum absolute atomic E-state index is 0. The van der Waals surface area contributed by atoms with E-state index in [4.69, 9.17) is 17.2 Å². The van der Waals surface area contributed by atoms with Gasteiger partial charge in [-0.25, -0.2) is 0 Å². The monoisotopic (exact) mass is 163 g/mol. The predicted molar refractivity (Wildman–Crippen MR) is 48.6 cm³/mol. The Morgan fingerprint density at radius 1 is 0.727 bits per heavy atom. The minimum Gasteiger partial charge on any atom is -0.344 e. The third kappa shape index (κ3) is 7.70. The van der Waals surface area contributed by atoms with Gasteiger partial charge in [-0.3, -0.25) is 4.90 Å². The normalized spacial score (nSPS) is 9.82. The summed E-state index contributed by atoms with van der Waals surface area (Å²) in [5, 5.41) is 0. The zero-order valence-corrected chi connectivity index (χ0v) is 7.13. The van der Waals surface area contributed by atoms with Crippen molar-refractivity contribution >= 4 is 0 Å². The molecule has 5 heteroatoms. The van der Waals surface area contributed by atoms with E-state index in [0.717, 1.165) is 19.6 Å². The van der Waals surface area contributed by atoms with Crippen LogP contribution in [0.1, 0.15) is 0 Å². The Kier molecular flexibility index (Phi) is 11.9. The van der Waals surface area contributed by atoms with E-state index in [2.05, 4.69) is 4.90 Å². The number of rotatable bonds is 6. The van der Waals surface area contributed by atoms with Gasteiger partial charge in [0.1, 0.15) is 0 Å². The fourth-order valence-corrected chi connectivity index (χ4v) is 0.883. The van der Waals surface area contributed by atoms with Crippen molar-refractivity contribution in [3.8, 4) is 0 Å². The van der Waals surface area contributed by atoms with Crippen LogP contribution in [0.5, 0.6) is 0 Å². The molecule has 0 unspecified atom stereocenters. The Morgan fingerprint density at radius 2 is 1.00 bits per heavy atom. The first-order valence-electron chi connectivity index (χ1n) is 3.67. The van der Waals surface area contributed by atoms with Gasteiger partial charge in [-0.1, -0.05) is 0 Å². The molecule has 5 nitrogen and oxygen atoms in total. The van der Waals surface area contributed by atoms with Gasteiger partial charge in [0.25, 0.3) is 0 Å². The van der Waals surface area contributed by atoms with Crippen LogP contribution in [0, 0.1) is 0 Å². The van der Waals surface area contributed by atoms with Crippen molar-refractivity contribution in [2.24, 2.45) is 17.2 Å². The summed E-state index contributed by atoms with van der Waals surface area (Å²) < 4.78 is 0. The standard InChI is InChI=1S/C6H18N4.H3N/c7-1-4-10(5-2-8)6-3-9;/h1-9H2;1H3. The highest BCUT2D eigenvalue weighted by atomic mass is 15.1. The molecule has 9 N–H and O–H groups in total. The Labute approximate surface area is 68.5 Å². The maximum atomic E-state index is 5.37. The molecule has 0 aromatic heterocycles. The van der Waals surface area contributed by atoms with Crippen molar-refractivity contribution in [1.82, 2.24) is 11.1 Å². The average Bonchev–Trinajstić information content (AvgIpc) is 1.90. The molecule has 0 atom stereocenters. The number of hydrogen-bond acceptors (Lipinski definition) is 5. The topological polar surface area (TPSA) is 116 Å². The minimum atomic E-state index is 0. The molecule has 0 aliphatic rings. The van der Waals surface area contributed by atoms with Gasteiger partial charge in [-0.15, -0.1) is 0 Å². The highest BCUT2D eigenvalue weighted by Crippen LogP contribution is 1.81. The van der Waals surface area contributed by atoms with Crippen LogP contribution in [0.3, 0.4) is 0 Å². The van der Waals surface area contributed by atoms with Gasteiger partial charge < -0.3 is 23.4 Å². The van der Waals surface area contributed by atoms with E-state index in [-0.39, 0.29) is 6.15 Å². The zero-order chi connectivity index (χ0) is 7.82. The van der Waals surface area contributed by atoms with Crippen molar-refractivity contribution in [1.29, 1.82) is 0 Å². The second kappa shape index (κ2) is 9.80. The Balaban J connectivity index is 0. The molecule has 0 spiro atoms. The van der Waals surface area contributed by atoms with Crippen molar-refractivity contribution in [3.63, 3.8) is 0 Å². The summed E-state index contributed by atoms with van der Waals surface area (Å²) in [6.45, 7) is 4.73. The highest BCUT2D eigenvalue weighted by Gasteiger charge is 1.98. The maximum Gasteiger partial charge on any atom is 0.0106 e. The first kappa shape index (κ1) is 13.4. The predicted octanol–water partition coefficient (Wildman–Crippen LogP) is -1.67. The van der Waals surface area contributed by atoms with Crippen LogP contribution in [-0.2, 0) is 0 Å². The molecule has 0 saturated heterocycles. The van der Waals surface area contributed by atoms with Crippen LogP contribution in [0.25, 0.3) is 0 Å². The van der Waals surface area contributed by atoms with Gasteiger partial charge in [0.05, 0.1) is 0 Å². The molecular weight excluding hydrogens is 142 g/mol. The lowest BCUT2D eigenvalue weighted by atomic mass is 10.4. The lowest BCUT2D eigenvalue weighted by Crippen LogP contribution is -2.37. The molecule has 11 heavy (non-hydrogen) atoms.